The predicted octanol–water partition coefficient (Wildman–Crippen LogP) is 0.907. The van der Waals surface area contributed by atoms with Crippen molar-refractivity contribution >= 4 is 0 Å². The maximum Gasteiger partial charge on any atom is 0.0178 e. The van der Waals surface area contributed by atoms with E-state index >= 15 is 0 Å². The monoisotopic (exact) mass is 164 g/mol. The molecule has 0 heterocycles. The van der Waals surface area contributed by atoms with E-state index < -0.39 is 0 Å². The van der Waals surface area contributed by atoms with E-state index in [1.807, 2.05) is 7.05 Å². The van der Waals surface area contributed by atoms with Gasteiger partial charge in [-0.3, -0.25) is 0 Å². The highest BCUT2D eigenvalue weighted by atomic mass is 14.8. The van der Waals surface area contributed by atoms with E-state index in [4.69, 9.17) is 5.73 Å². The summed E-state index contributed by atoms with van der Waals surface area (Å²) in [5.41, 5.74) is 8.05. The molecule has 2 nitrogen and oxygen atoms in total. The van der Waals surface area contributed by atoms with E-state index in [1.165, 1.54) is 11.1 Å². The number of likely N-dealkylation sites (N-methyl/N-ethyl adjacent to an activating group) is 1. The van der Waals surface area contributed by atoms with Gasteiger partial charge in [0.05, 0.1) is 0 Å². The molecule has 1 rings (SSSR count). The second kappa shape index (κ2) is 4.91. The second-order valence-corrected chi connectivity index (χ2v) is 2.87. The van der Waals surface area contributed by atoms with Crippen LogP contribution >= 0.6 is 0 Å². The van der Waals surface area contributed by atoms with Crippen LogP contribution in [0.1, 0.15) is 11.1 Å². The molecule has 0 aliphatic rings. The van der Waals surface area contributed by atoms with E-state index in [2.05, 4.69) is 29.6 Å². The first-order valence-corrected chi connectivity index (χ1v) is 4.29. The zero-order valence-electron chi connectivity index (χ0n) is 7.51. The first kappa shape index (κ1) is 9.23. The molecular weight excluding hydrogens is 148 g/mol. The molecule has 3 N–H and O–H groups in total. The lowest BCUT2D eigenvalue weighted by Crippen LogP contribution is -2.10. The number of hydrogen-bond acceptors (Lipinski definition) is 2. The number of nitrogens with one attached hydrogen (secondary N) is 1. The summed E-state index contributed by atoms with van der Waals surface area (Å²) >= 11 is 0. The van der Waals surface area contributed by atoms with Gasteiger partial charge >= 0.3 is 0 Å². The zero-order chi connectivity index (χ0) is 8.81. The Kier molecular flexibility index (Phi) is 3.77. The Morgan fingerprint density at radius 3 is 2.25 bits per heavy atom. The van der Waals surface area contributed by atoms with Gasteiger partial charge in [0.1, 0.15) is 0 Å². The minimum absolute atomic E-state index is 0.631. The summed E-state index contributed by atoms with van der Waals surface area (Å²) in [4.78, 5) is 0. The van der Waals surface area contributed by atoms with Crippen LogP contribution in [0.4, 0.5) is 0 Å². The molecule has 1 aromatic rings. The van der Waals surface area contributed by atoms with Crippen molar-refractivity contribution in [1.29, 1.82) is 0 Å². The third-order valence-corrected chi connectivity index (χ3v) is 1.92. The second-order valence-electron chi connectivity index (χ2n) is 2.87. The third-order valence-electron chi connectivity index (χ3n) is 1.92. The average Bonchev–Trinajstić information content (AvgIpc) is 2.15. The van der Waals surface area contributed by atoms with Crippen molar-refractivity contribution in [1.82, 2.24) is 5.32 Å². The minimum atomic E-state index is 0.631. The van der Waals surface area contributed by atoms with Crippen molar-refractivity contribution in [3.8, 4) is 0 Å². The molecule has 0 spiro atoms. The molecular formula is C10H16N2. The van der Waals surface area contributed by atoms with E-state index in [0.717, 1.165) is 13.0 Å². The quantitative estimate of drug-likeness (QED) is 0.694. The van der Waals surface area contributed by atoms with E-state index in [1.54, 1.807) is 0 Å². The maximum atomic E-state index is 5.49. The standard InChI is InChI=1S/C10H16N2/c1-12-7-6-9-2-4-10(8-11)5-3-9/h2-5,12H,6-8,11H2,1H3. The molecule has 0 bridgehead atoms. The van der Waals surface area contributed by atoms with Gasteiger partial charge in [-0.25, -0.2) is 0 Å². The topological polar surface area (TPSA) is 38.0 Å². The fourth-order valence-electron chi connectivity index (χ4n) is 1.11. The molecule has 1 aromatic carbocycles. The number of rotatable bonds is 4. The van der Waals surface area contributed by atoms with Gasteiger partial charge in [-0.15, -0.1) is 0 Å². The van der Waals surface area contributed by atoms with Gasteiger partial charge < -0.3 is 11.1 Å². The predicted molar refractivity (Wildman–Crippen MR) is 52.0 cm³/mol. The molecule has 0 saturated heterocycles. The molecule has 0 radical (unpaired) electrons. The Labute approximate surface area is 73.8 Å². The van der Waals surface area contributed by atoms with Crippen LogP contribution in [-0.4, -0.2) is 13.6 Å². The number of hydrogen-bond donors (Lipinski definition) is 2. The van der Waals surface area contributed by atoms with Crippen molar-refractivity contribution in [2.24, 2.45) is 5.73 Å². The van der Waals surface area contributed by atoms with Crippen LogP contribution in [0.25, 0.3) is 0 Å². The molecule has 0 fully saturated rings. The highest BCUT2D eigenvalue weighted by molar-refractivity contribution is 5.22. The summed E-state index contributed by atoms with van der Waals surface area (Å²) in [6.45, 7) is 1.66. The lowest BCUT2D eigenvalue weighted by atomic mass is 10.1. The molecule has 12 heavy (non-hydrogen) atoms. The van der Waals surface area contributed by atoms with Crippen molar-refractivity contribution < 1.29 is 0 Å². The van der Waals surface area contributed by atoms with Crippen molar-refractivity contribution in [3.63, 3.8) is 0 Å². The Balaban J connectivity index is 2.53. The molecule has 0 aliphatic carbocycles. The zero-order valence-corrected chi connectivity index (χ0v) is 7.51. The van der Waals surface area contributed by atoms with Gasteiger partial charge in [-0.1, -0.05) is 24.3 Å². The first-order valence-electron chi connectivity index (χ1n) is 4.29. The Morgan fingerprint density at radius 1 is 1.17 bits per heavy atom. The minimum Gasteiger partial charge on any atom is -0.326 e. The van der Waals surface area contributed by atoms with Gasteiger partial charge in [0.2, 0.25) is 0 Å². The van der Waals surface area contributed by atoms with Crippen LogP contribution in [0.15, 0.2) is 24.3 Å². The van der Waals surface area contributed by atoms with Crippen molar-refractivity contribution in [2.45, 2.75) is 13.0 Å². The summed E-state index contributed by atoms with van der Waals surface area (Å²) in [6.07, 6.45) is 1.08. The normalized spacial score (nSPS) is 10.2. The largest absolute Gasteiger partial charge is 0.326 e. The van der Waals surface area contributed by atoms with E-state index in [9.17, 15) is 0 Å². The van der Waals surface area contributed by atoms with E-state index in [-0.39, 0.29) is 0 Å². The molecule has 0 aromatic heterocycles. The summed E-state index contributed by atoms with van der Waals surface area (Å²) in [6, 6.07) is 8.45. The van der Waals surface area contributed by atoms with E-state index in [0.29, 0.717) is 6.54 Å². The Hall–Kier alpha value is -0.860. The molecule has 0 aliphatic heterocycles. The fraction of sp³-hybridized carbons (Fsp3) is 0.400. The first-order chi connectivity index (χ1) is 5.86. The van der Waals surface area contributed by atoms with Crippen LogP contribution < -0.4 is 11.1 Å². The van der Waals surface area contributed by atoms with Crippen molar-refractivity contribution in [3.05, 3.63) is 35.4 Å². The van der Waals surface area contributed by atoms with Gasteiger partial charge in [0.25, 0.3) is 0 Å². The van der Waals surface area contributed by atoms with Crippen LogP contribution in [0.5, 0.6) is 0 Å². The smallest absolute Gasteiger partial charge is 0.0178 e. The molecule has 0 saturated carbocycles. The highest BCUT2D eigenvalue weighted by Crippen LogP contribution is 2.03. The molecule has 2 heteroatoms. The summed E-state index contributed by atoms with van der Waals surface area (Å²) < 4.78 is 0. The highest BCUT2D eigenvalue weighted by Gasteiger charge is 1.91. The fourth-order valence-corrected chi connectivity index (χ4v) is 1.11. The average molecular weight is 164 g/mol. The molecule has 0 atom stereocenters. The summed E-state index contributed by atoms with van der Waals surface area (Å²) in [5.74, 6) is 0. The lowest BCUT2D eigenvalue weighted by Gasteiger charge is -2.01. The summed E-state index contributed by atoms with van der Waals surface area (Å²) in [7, 11) is 1.97. The van der Waals surface area contributed by atoms with Gasteiger partial charge in [-0.2, -0.15) is 0 Å². The summed E-state index contributed by atoms with van der Waals surface area (Å²) in [5, 5.41) is 3.12. The lowest BCUT2D eigenvalue weighted by molar-refractivity contribution is 0.791. The van der Waals surface area contributed by atoms with Crippen LogP contribution in [0.2, 0.25) is 0 Å². The van der Waals surface area contributed by atoms with Crippen molar-refractivity contribution in [2.75, 3.05) is 13.6 Å². The number of benzene rings is 1. The molecule has 0 unspecified atom stereocenters. The Bertz CT molecular complexity index is 216. The van der Waals surface area contributed by atoms with Crippen LogP contribution in [-0.2, 0) is 13.0 Å². The van der Waals surface area contributed by atoms with Gasteiger partial charge in [0.15, 0.2) is 0 Å². The SMILES string of the molecule is CNCCc1ccc(CN)cc1. The molecule has 66 valence electrons. The maximum absolute atomic E-state index is 5.49. The number of nitrogens with two attached hydrogens (primary N) is 1. The molecule has 0 amide bonds. The van der Waals surface area contributed by atoms with Gasteiger partial charge in [0, 0.05) is 6.54 Å². The van der Waals surface area contributed by atoms with Crippen LogP contribution in [0, 0.1) is 0 Å². The Morgan fingerprint density at radius 2 is 1.75 bits per heavy atom. The van der Waals surface area contributed by atoms with Crippen LogP contribution in [0.3, 0.4) is 0 Å². The van der Waals surface area contributed by atoms with Gasteiger partial charge in [-0.05, 0) is 31.1 Å². The third kappa shape index (κ3) is 2.64.